The Balaban J connectivity index is 1.39. The van der Waals surface area contributed by atoms with Crippen molar-refractivity contribution < 1.29 is 9.53 Å². The molecule has 25 heavy (non-hydrogen) atoms. The molecule has 4 rings (SSSR count). The minimum absolute atomic E-state index is 0.351. The van der Waals surface area contributed by atoms with Crippen LogP contribution in [-0.2, 0) is 16.0 Å². The van der Waals surface area contributed by atoms with Crippen LogP contribution in [0.4, 0.5) is 0 Å². The van der Waals surface area contributed by atoms with E-state index >= 15 is 0 Å². The molecule has 2 fully saturated rings. The van der Waals surface area contributed by atoms with Crippen molar-refractivity contribution in [3.63, 3.8) is 0 Å². The molecular weight excluding hydrogens is 312 g/mol. The maximum absolute atomic E-state index is 13.0. The number of hydrogen-bond acceptors (Lipinski definition) is 3. The fourth-order valence-corrected chi connectivity index (χ4v) is 4.94. The average Bonchev–Trinajstić information content (AvgIpc) is 3.05. The van der Waals surface area contributed by atoms with Crippen molar-refractivity contribution in [3.05, 3.63) is 35.4 Å². The van der Waals surface area contributed by atoms with Gasteiger partial charge in [-0.25, -0.2) is 0 Å². The van der Waals surface area contributed by atoms with Crippen LogP contribution < -0.4 is 0 Å². The molecule has 2 heterocycles. The van der Waals surface area contributed by atoms with Crippen molar-refractivity contribution in [1.82, 2.24) is 9.80 Å². The molecule has 2 aliphatic heterocycles. The maximum Gasteiger partial charge on any atom is 0.223 e. The lowest BCUT2D eigenvalue weighted by Gasteiger charge is -2.34. The quantitative estimate of drug-likeness (QED) is 0.847. The van der Waals surface area contributed by atoms with Gasteiger partial charge in [0.15, 0.2) is 0 Å². The van der Waals surface area contributed by atoms with Crippen LogP contribution >= 0.6 is 0 Å². The van der Waals surface area contributed by atoms with Crippen molar-refractivity contribution in [1.29, 1.82) is 0 Å². The van der Waals surface area contributed by atoms with E-state index in [1.807, 2.05) is 0 Å². The number of morpholine rings is 1. The van der Waals surface area contributed by atoms with Crippen molar-refractivity contribution in [2.24, 2.45) is 5.92 Å². The minimum Gasteiger partial charge on any atom is -0.379 e. The molecule has 0 saturated carbocycles. The molecule has 0 aromatic heterocycles. The van der Waals surface area contributed by atoms with Crippen LogP contribution in [-0.4, -0.2) is 61.1 Å². The first kappa shape index (κ1) is 17.0. The van der Waals surface area contributed by atoms with E-state index in [1.54, 1.807) is 0 Å². The van der Waals surface area contributed by atoms with Gasteiger partial charge in [-0.15, -0.1) is 0 Å². The third-order valence-corrected chi connectivity index (χ3v) is 6.35. The van der Waals surface area contributed by atoms with Crippen LogP contribution in [0.25, 0.3) is 0 Å². The number of benzene rings is 1. The zero-order valence-electron chi connectivity index (χ0n) is 15.3. The van der Waals surface area contributed by atoms with Crippen LogP contribution in [0.5, 0.6) is 0 Å². The van der Waals surface area contributed by atoms with Crippen LogP contribution in [0.2, 0.25) is 0 Å². The molecule has 1 amide bonds. The number of carbonyl (C=O) groups is 1. The summed E-state index contributed by atoms with van der Waals surface area (Å²) in [6.45, 7) is 7.78. The Hall–Kier alpha value is -1.39. The Morgan fingerprint density at radius 2 is 2.00 bits per heavy atom. The average molecular weight is 342 g/mol. The SMILES string of the molecule is CC1CN(C(=O)CC2CCCc3ccccc32)CC1N1CCOCC1. The lowest BCUT2D eigenvalue weighted by Crippen LogP contribution is -2.47. The van der Waals surface area contributed by atoms with Gasteiger partial charge in [0, 0.05) is 38.6 Å². The number of rotatable bonds is 3. The molecule has 4 heteroatoms. The first-order chi connectivity index (χ1) is 12.2. The van der Waals surface area contributed by atoms with Gasteiger partial charge >= 0.3 is 0 Å². The Kier molecular flexibility index (Phi) is 5.09. The summed E-state index contributed by atoms with van der Waals surface area (Å²) in [4.78, 5) is 17.6. The highest BCUT2D eigenvalue weighted by Gasteiger charge is 2.37. The van der Waals surface area contributed by atoms with Crippen LogP contribution in [0.15, 0.2) is 24.3 Å². The fourth-order valence-electron chi connectivity index (χ4n) is 4.94. The van der Waals surface area contributed by atoms with Gasteiger partial charge < -0.3 is 9.64 Å². The fraction of sp³-hybridized carbons (Fsp3) is 0.667. The second-order valence-corrected chi connectivity index (χ2v) is 7.98. The van der Waals surface area contributed by atoms with Gasteiger partial charge in [-0.3, -0.25) is 9.69 Å². The third-order valence-electron chi connectivity index (χ3n) is 6.35. The van der Waals surface area contributed by atoms with Crippen LogP contribution in [0.3, 0.4) is 0 Å². The number of fused-ring (bicyclic) bond motifs is 1. The summed E-state index contributed by atoms with van der Waals surface area (Å²) in [6, 6.07) is 9.21. The summed E-state index contributed by atoms with van der Waals surface area (Å²) in [7, 11) is 0. The molecule has 0 bridgehead atoms. The lowest BCUT2D eigenvalue weighted by atomic mass is 9.81. The van der Waals surface area contributed by atoms with E-state index in [1.165, 1.54) is 24.0 Å². The van der Waals surface area contributed by atoms with E-state index < -0.39 is 0 Å². The van der Waals surface area contributed by atoms with Crippen molar-refractivity contribution in [2.75, 3.05) is 39.4 Å². The Labute approximate surface area is 151 Å². The van der Waals surface area contributed by atoms with E-state index in [4.69, 9.17) is 4.74 Å². The minimum atomic E-state index is 0.351. The predicted octanol–water partition coefficient (Wildman–Crippen LogP) is 2.68. The largest absolute Gasteiger partial charge is 0.379 e. The summed E-state index contributed by atoms with van der Waals surface area (Å²) in [6.07, 6.45) is 4.21. The molecular formula is C21H30N2O2. The number of amides is 1. The smallest absolute Gasteiger partial charge is 0.223 e. The number of carbonyl (C=O) groups excluding carboxylic acids is 1. The molecule has 2 saturated heterocycles. The lowest BCUT2D eigenvalue weighted by molar-refractivity contribution is -0.131. The van der Waals surface area contributed by atoms with Crippen LogP contribution in [0, 0.1) is 5.92 Å². The predicted molar refractivity (Wildman–Crippen MR) is 98.7 cm³/mol. The molecule has 0 spiro atoms. The zero-order valence-corrected chi connectivity index (χ0v) is 15.3. The van der Waals surface area contributed by atoms with Crippen LogP contribution in [0.1, 0.15) is 43.2 Å². The Morgan fingerprint density at radius 3 is 2.84 bits per heavy atom. The van der Waals surface area contributed by atoms with Gasteiger partial charge in [0.05, 0.1) is 13.2 Å². The zero-order chi connectivity index (χ0) is 17.2. The third kappa shape index (κ3) is 3.61. The van der Waals surface area contributed by atoms with E-state index in [-0.39, 0.29) is 0 Å². The summed E-state index contributed by atoms with van der Waals surface area (Å²) in [5.41, 5.74) is 2.87. The molecule has 0 N–H and O–H groups in total. The summed E-state index contributed by atoms with van der Waals surface area (Å²) in [5, 5.41) is 0. The van der Waals surface area contributed by atoms with Crippen molar-refractivity contribution in [2.45, 2.75) is 44.6 Å². The normalized spacial score (nSPS) is 30.3. The highest BCUT2D eigenvalue weighted by atomic mass is 16.5. The summed E-state index contributed by atoms with van der Waals surface area (Å²) in [5.74, 6) is 1.32. The van der Waals surface area contributed by atoms with Gasteiger partial charge in [0.1, 0.15) is 0 Å². The van der Waals surface area contributed by atoms with E-state index in [9.17, 15) is 4.79 Å². The second kappa shape index (κ2) is 7.46. The number of ether oxygens (including phenoxy) is 1. The number of hydrogen-bond donors (Lipinski definition) is 0. The molecule has 3 aliphatic rings. The molecule has 136 valence electrons. The van der Waals surface area contributed by atoms with Gasteiger partial charge in [0.25, 0.3) is 0 Å². The molecule has 1 aliphatic carbocycles. The molecule has 3 atom stereocenters. The van der Waals surface area contributed by atoms with E-state index in [0.29, 0.717) is 30.2 Å². The first-order valence-corrected chi connectivity index (χ1v) is 9.90. The molecule has 0 radical (unpaired) electrons. The molecule has 4 nitrogen and oxygen atoms in total. The summed E-state index contributed by atoms with van der Waals surface area (Å²) < 4.78 is 5.48. The number of aryl methyl sites for hydroxylation is 1. The van der Waals surface area contributed by atoms with E-state index in [2.05, 4.69) is 41.0 Å². The van der Waals surface area contributed by atoms with Gasteiger partial charge in [-0.2, -0.15) is 0 Å². The van der Waals surface area contributed by atoms with Crippen molar-refractivity contribution in [3.8, 4) is 0 Å². The highest BCUT2D eigenvalue weighted by Crippen LogP contribution is 2.35. The van der Waals surface area contributed by atoms with Gasteiger partial charge in [-0.05, 0) is 42.2 Å². The number of nitrogens with zero attached hydrogens (tertiary/aromatic N) is 2. The number of likely N-dealkylation sites (tertiary alicyclic amines) is 1. The van der Waals surface area contributed by atoms with Gasteiger partial charge in [-0.1, -0.05) is 31.2 Å². The van der Waals surface area contributed by atoms with Gasteiger partial charge in [0.2, 0.25) is 5.91 Å². The Bertz CT molecular complexity index is 612. The first-order valence-electron chi connectivity index (χ1n) is 9.90. The molecule has 1 aromatic rings. The molecule has 3 unspecified atom stereocenters. The highest BCUT2D eigenvalue weighted by molar-refractivity contribution is 5.77. The second-order valence-electron chi connectivity index (χ2n) is 7.98. The topological polar surface area (TPSA) is 32.8 Å². The van der Waals surface area contributed by atoms with E-state index in [0.717, 1.165) is 45.8 Å². The van der Waals surface area contributed by atoms with Crippen molar-refractivity contribution >= 4 is 5.91 Å². The monoisotopic (exact) mass is 342 g/mol. The molecule has 1 aromatic carbocycles. The Morgan fingerprint density at radius 1 is 1.20 bits per heavy atom. The maximum atomic E-state index is 13.0. The standard InChI is InChI=1S/C21H30N2O2/c1-16-14-23(15-20(16)22-9-11-25-12-10-22)21(24)13-18-7-4-6-17-5-2-3-8-19(17)18/h2-3,5,8,16,18,20H,4,6-7,9-15H2,1H3. The summed E-state index contributed by atoms with van der Waals surface area (Å²) >= 11 is 0.